The average Bonchev–Trinajstić information content (AvgIpc) is 2.56. The van der Waals surface area contributed by atoms with Crippen molar-refractivity contribution in [2.24, 2.45) is 0 Å². The third kappa shape index (κ3) is 2.07. The SMILES string of the molecule is O=C1CCC(Cc2ccccc2Cl)N1. The van der Waals surface area contributed by atoms with Gasteiger partial charge < -0.3 is 5.32 Å². The predicted molar refractivity (Wildman–Crippen MR) is 56.3 cm³/mol. The Hall–Kier alpha value is -1.02. The highest BCUT2D eigenvalue weighted by Gasteiger charge is 2.21. The number of halogens is 1. The minimum atomic E-state index is 0.155. The predicted octanol–water partition coefficient (Wildman–Crippen LogP) is 2.16. The van der Waals surface area contributed by atoms with Crippen molar-refractivity contribution in [3.05, 3.63) is 34.9 Å². The molecule has 2 rings (SSSR count). The lowest BCUT2D eigenvalue weighted by Crippen LogP contribution is -2.27. The number of amides is 1. The van der Waals surface area contributed by atoms with Crippen LogP contribution in [0, 0.1) is 0 Å². The standard InChI is InChI=1S/C11H12ClNO/c12-10-4-2-1-3-8(10)7-9-5-6-11(14)13-9/h1-4,9H,5-7H2,(H,13,14). The quantitative estimate of drug-likeness (QED) is 0.795. The number of hydrogen-bond acceptors (Lipinski definition) is 1. The first-order valence-corrected chi connectivity index (χ1v) is 5.16. The summed E-state index contributed by atoms with van der Waals surface area (Å²) in [6.45, 7) is 0. The van der Waals surface area contributed by atoms with E-state index in [-0.39, 0.29) is 11.9 Å². The lowest BCUT2D eigenvalue weighted by molar-refractivity contribution is -0.119. The minimum Gasteiger partial charge on any atom is -0.353 e. The van der Waals surface area contributed by atoms with E-state index in [0.717, 1.165) is 23.4 Å². The van der Waals surface area contributed by atoms with Crippen LogP contribution in [0.4, 0.5) is 0 Å². The molecule has 1 aromatic carbocycles. The largest absolute Gasteiger partial charge is 0.353 e. The molecule has 1 saturated heterocycles. The van der Waals surface area contributed by atoms with Crippen LogP contribution in [0.3, 0.4) is 0 Å². The Morgan fingerprint density at radius 2 is 2.21 bits per heavy atom. The van der Waals surface area contributed by atoms with Gasteiger partial charge in [-0.3, -0.25) is 4.79 Å². The number of hydrogen-bond donors (Lipinski definition) is 1. The van der Waals surface area contributed by atoms with E-state index in [9.17, 15) is 4.79 Å². The first-order chi connectivity index (χ1) is 6.75. The summed E-state index contributed by atoms with van der Waals surface area (Å²) in [5.41, 5.74) is 1.11. The average molecular weight is 210 g/mol. The first-order valence-electron chi connectivity index (χ1n) is 4.78. The van der Waals surface area contributed by atoms with Crippen LogP contribution in [0.1, 0.15) is 18.4 Å². The molecular formula is C11H12ClNO. The fourth-order valence-electron chi connectivity index (χ4n) is 1.76. The molecule has 3 heteroatoms. The molecule has 1 heterocycles. The monoisotopic (exact) mass is 209 g/mol. The molecular weight excluding hydrogens is 198 g/mol. The molecule has 2 nitrogen and oxygen atoms in total. The topological polar surface area (TPSA) is 29.1 Å². The zero-order valence-electron chi connectivity index (χ0n) is 7.79. The van der Waals surface area contributed by atoms with E-state index in [1.54, 1.807) is 0 Å². The Balaban J connectivity index is 2.04. The van der Waals surface area contributed by atoms with Crippen molar-refractivity contribution in [2.75, 3.05) is 0 Å². The first kappa shape index (κ1) is 9.53. The van der Waals surface area contributed by atoms with E-state index >= 15 is 0 Å². The summed E-state index contributed by atoms with van der Waals surface area (Å²) in [5.74, 6) is 0.155. The van der Waals surface area contributed by atoms with Gasteiger partial charge in [0.15, 0.2) is 0 Å². The molecule has 0 spiro atoms. The number of nitrogens with one attached hydrogen (secondary N) is 1. The lowest BCUT2D eigenvalue weighted by atomic mass is 10.0. The molecule has 1 amide bonds. The van der Waals surface area contributed by atoms with Crippen molar-refractivity contribution < 1.29 is 4.79 Å². The van der Waals surface area contributed by atoms with E-state index in [0.29, 0.717) is 6.42 Å². The van der Waals surface area contributed by atoms with Gasteiger partial charge in [0, 0.05) is 17.5 Å². The summed E-state index contributed by atoms with van der Waals surface area (Å²) >= 11 is 6.03. The van der Waals surface area contributed by atoms with Gasteiger partial charge in [0.2, 0.25) is 5.91 Å². The normalized spacial score (nSPS) is 20.9. The van der Waals surface area contributed by atoms with E-state index in [1.165, 1.54) is 0 Å². The van der Waals surface area contributed by atoms with Gasteiger partial charge in [-0.1, -0.05) is 29.8 Å². The van der Waals surface area contributed by atoms with E-state index in [2.05, 4.69) is 5.32 Å². The van der Waals surface area contributed by atoms with Gasteiger partial charge in [-0.15, -0.1) is 0 Å². The number of rotatable bonds is 2. The highest BCUT2D eigenvalue weighted by Crippen LogP contribution is 2.19. The van der Waals surface area contributed by atoms with Crippen molar-refractivity contribution in [1.29, 1.82) is 0 Å². The molecule has 1 unspecified atom stereocenters. The second kappa shape index (κ2) is 4.01. The summed E-state index contributed by atoms with van der Waals surface area (Å²) in [7, 11) is 0. The van der Waals surface area contributed by atoms with Gasteiger partial charge in [0.25, 0.3) is 0 Å². The maximum atomic E-state index is 11.0. The Bertz CT molecular complexity index is 351. The van der Waals surface area contributed by atoms with Crippen molar-refractivity contribution in [3.8, 4) is 0 Å². The second-order valence-corrected chi connectivity index (χ2v) is 4.01. The van der Waals surface area contributed by atoms with Crippen molar-refractivity contribution in [2.45, 2.75) is 25.3 Å². The van der Waals surface area contributed by atoms with Crippen LogP contribution in [0.5, 0.6) is 0 Å². The Morgan fingerprint density at radius 1 is 1.43 bits per heavy atom. The summed E-state index contributed by atoms with van der Waals surface area (Å²) in [4.78, 5) is 11.0. The minimum absolute atomic E-state index is 0.155. The highest BCUT2D eigenvalue weighted by molar-refractivity contribution is 6.31. The number of carbonyl (C=O) groups excluding carboxylic acids is 1. The zero-order chi connectivity index (χ0) is 9.97. The van der Waals surface area contributed by atoms with Gasteiger partial charge in [0.1, 0.15) is 0 Å². The molecule has 0 aliphatic carbocycles. The van der Waals surface area contributed by atoms with Crippen molar-refractivity contribution in [3.63, 3.8) is 0 Å². The molecule has 1 fully saturated rings. The molecule has 0 bridgehead atoms. The van der Waals surface area contributed by atoms with Gasteiger partial charge in [-0.2, -0.15) is 0 Å². The van der Waals surface area contributed by atoms with Crippen LogP contribution >= 0.6 is 11.6 Å². The van der Waals surface area contributed by atoms with Crippen LogP contribution in [0.15, 0.2) is 24.3 Å². The smallest absolute Gasteiger partial charge is 0.220 e. The Kier molecular flexibility index (Phi) is 2.73. The molecule has 1 atom stereocenters. The summed E-state index contributed by atoms with van der Waals surface area (Å²) in [6.07, 6.45) is 2.41. The third-order valence-electron chi connectivity index (χ3n) is 2.51. The summed E-state index contributed by atoms with van der Waals surface area (Å²) < 4.78 is 0. The zero-order valence-corrected chi connectivity index (χ0v) is 8.55. The van der Waals surface area contributed by atoms with E-state index < -0.39 is 0 Å². The van der Waals surface area contributed by atoms with Crippen LogP contribution in [-0.2, 0) is 11.2 Å². The Labute approximate surface area is 88.3 Å². The molecule has 0 saturated carbocycles. The molecule has 1 N–H and O–H groups in total. The lowest BCUT2D eigenvalue weighted by Gasteiger charge is -2.10. The third-order valence-corrected chi connectivity index (χ3v) is 2.88. The van der Waals surface area contributed by atoms with Crippen molar-refractivity contribution in [1.82, 2.24) is 5.32 Å². The van der Waals surface area contributed by atoms with Gasteiger partial charge >= 0.3 is 0 Å². The Morgan fingerprint density at radius 3 is 2.86 bits per heavy atom. The molecule has 74 valence electrons. The fourth-order valence-corrected chi connectivity index (χ4v) is 1.97. The van der Waals surface area contributed by atoms with Gasteiger partial charge in [0.05, 0.1) is 0 Å². The fraction of sp³-hybridized carbons (Fsp3) is 0.364. The van der Waals surface area contributed by atoms with Crippen LogP contribution in [0.25, 0.3) is 0 Å². The molecule has 1 aromatic rings. The maximum absolute atomic E-state index is 11.0. The van der Waals surface area contributed by atoms with E-state index in [4.69, 9.17) is 11.6 Å². The highest BCUT2D eigenvalue weighted by atomic mass is 35.5. The van der Waals surface area contributed by atoms with Gasteiger partial charge in [-0.25, -0.2) is 0 Å². The summed E-state index contributed by atoms with van der Waals surface area (Å²) in [5, 5.41) is 3.72. The summed E-state index contributed by atoms with van der Waals surface area (Å²) in [6, 6.07) is 8.04. The number of benzene rings is 1. The van der Waals surface area contributed by atoms with Crippen molar-refractivity contribution >= 4 is 17.5 Å². The van der Waals surface area contributed by atoms with Crippen LogP contribution in [0.2, 0.25) is 5.02 Å². The molecule has 1 aliphatic heterocycles. The van der Waals surface area contributed by atoms with E-state index in [1.807, 2.05) is 24.3 Å². The van der Waals surface area contributed by atoms with Crippen LogP contribution in [-0.4, -0.2) is 11.9 Å². The molecule has 0 aromatic heterocycles. The number of carbonyl (C=O) groups is 1. The second-order valence-electron chi connectivity index (χ2n) is 3.60. The molecule has 0 radical (unpaired) electrons. The van der Waals surface area contributed by atoms with Gasteiger partial charge in [-0.05, 0) is 24.5 Å². The molecule has 14 heavy (non-hydrogen) atoms. The van der Waals surface area contributed by atoms with Crippen LogP contribution < -0.4 is 5.32 Å². The molecule has 1 aliphatic rings. The maximum Gasteiger partial charge on any atom is 0.220 e.